The molecule has 1 aromatic rings. The van der Waals surface area contributed by atoms with E-state index in [1.54, 1.807) is 7.05 Å². The van der Waals surface area contributed by atoms with Crippen LogP contribution in [0, 0.1) is 0 Å². The third kappa shape index (κ3) is 2.73. The Morgan fingerprint density at radius 1 is 1.67 bits per heavy atom. The van der Waals surface area contributed by atoms with Gasteiger partial charge in [0.1, 0.15) is 12.4 Å². The molecule has 0 bridgehead atoms. The third-order valence-corrected chi connectivity index (χ3v) is 3.49. The fourth-order valence-corrected chi connectivity index (χ4v) is 2.71. The number of rotatable bonds is 3. The highest BCUT2D eigenvalue weighted by Crippen LogP contribution is 2.20. The van der Waals surface area contributed by atoms with Crippen LogP contribution in [0.3, 0.4) is 0 Å². The Labute approximate surface area is 107 Å². The summed E-state index contributed by atoms with van der Waals surface area (Å²) in [7, 11) is 1.73. The van der Waals surface area contributed by atoms with E-state index < -0.39 is 18.0 Å². The first-order valence-corrected chi connectivity index (χ1v) is 6.43. The summed E-state index contributed by atoms with van der Waals surface area (Å²) in [6.07, 6.45) is 1.53. The van der Waals surface area contributed by atoms with Crippen molar-refractivity contribution in [2.24, 2.45) is 7.05 Å². The van der Waals surface area contributed by atoms with Gasteiger partial charge < -0.3 is 15.3 Å². The molecule has 98 valence electrons. The minimum Gasteiger partial charge on any atom is -0.480 e. The van der Waals surface area contributed by atoms with Gasteiger partial charge in [-0.25, -0.2) is 14.6 Å². The minimum atomic E-state index is -0.980. The molecule has 2 rings (SSSR count). The fraction of sp³-hybridized carbons (Fsp3) is 0.556. The van der Waals surface area contributed by atoms with E-state index in [1.165, 1.54) is 27.7 Å². The number of nitrogens with one attached hydrogen (secondary N) is 1. The highest BCUT2D eigenvalue weighted by Gasteiger charge is 2.34. The van der Waals surface area contributed by atoms with Crippen LogP contribution >= 0.6 is 11.8 Å². The standard InChI is InChI=1S/C9H13N5O3S/c1-13-4-11-7(12-13)2-10-9(17)14-5-18-3-6(14)8(15)16/h4,6H,2-3,5H2,1H3,(H,10,17)(H,15,16)/t6-/m0/s1. The smallest absolute Gasteiger partial charge is 0.327 e. The molecule has 0 aliphatic carbocycles. The van der Waals surface area contributed by atoms with Gasteiger partial charge in [0.15, 0.2) is 5.82 Å². The fourth-order valence-electron chi connectivity index (χ4n) is 1.57. The van der Waals surface area contributed by atoms with E-state index >= 15 is 0 Å². The normalized spacial score (nSPS) is 18.9. The maximum absolute atomic E-state index is 11.8. The maximum Gasteiger partial charge on any atom is 0.327 e. The molecule has 0 spiro atoms. The van der Waals surface area contributed by atoms with Crippen LogP contribution in [-0.2, 0) is 18.4 Å². The second kappa shape index (κ2) is 5.25. The highest BCUT2D eigenvalue weighted by atomic mass is 32.2. The largest absolute Gasteiger partial charge is 0.480 e. The number of aliphatic carboxylic acids is 1. The van der Waals surface area contributed by atoms with Gasteiger partial charge in [-0.05, 0) is 0 Å². The van der Waals surface area contributed by atoms with Crippen molar-refractivity contribution in [1.29, 1.82) is 0 Å². The molecule has 18 heavy (non-hydrogen) atoms. The van der Waals surface area contributed by atoms with Crippen LogP contribution in [-0.4, -0.2) is 54.4 Å². The number of nitrogens with zero attached hydrogens (tertiary/aromatic N) is 4. The first-order valence-electron chi connectivity index (χ1n) is 5.27. The number of aryl methyl sites for hydroxylation is 1. The summed E-state index contributed by atoms with van der Waals surface area (Å²) in [6.45, 7) is 0.188. The van der Waals surface area contributed by atoms with E-state index in [9.17, 15) is 9.59 Å². The van der Waals surface area contributed by atoms with E-state index in [1.807, 2.05) is 0 Å². The molecule has 1 saturated heterocycles. The monoisotopic (exact) mass is 271 g/mol. The summed E-state index contributed by atoms with van der Waals surface area (Å²) in [5.41, 5.74) is 0. The zero-order valence-corrected chi connectivity index (χ0v) is 10.6. The van der Waals surface area contributed by atoms with Crippen LogP contribution < -0.4 is 5.32 Å². The lowest BCUT2D eigenvalue weighted by Gasteiger charge is -2.20. The zero-order valence-electron chi connectivity index (χ0n) is 9.74. The first kappa shape index (κ1) is 12.7. The molecular weight excluding hydrogens is 258 g/mol. The number of carboxylic acids is 1. The molecule has 8 nitrogen and oxygen atoms in total. The summed E-state index contributed by atoms with van der Waals surface area (Å²) in [6, 6.07) is -1.16. The van der Waals surface area contributed by atoms with Gasteiger partial charge in [-0.1, -0.05) is 0 Å². The Balaban J connectivity index is 1.89. The van der Waals surface area contributed by atoms with Gasteiger partial charge in [0.05, 0.1) is 12.4 Å². The van der Waals surface area contributed by atoms with E-state index in [-0.39, 0.29) is 6.54 Å². The number of amides is 2. The molecule has 0 aromatic carbocycles. The zero-order chi connectivity index (χ0) is 13.1. The Morgan fingerprint density at radius 2 is 2.44 bits per heavy atom. The van der Waals surface area contributed by atoms with Gasteiger partial charge in [0.2, 0.25) is 0 Å². The SMILES string of the molecule is Cn1cnc(CNC(=O)N2CSC[C@H]2C(=O)O)n1. The second-order valence-corrected chi connectivity index (χ2v) is 4.82. The van der Waals surface area contributed by atoms with Gasteiger partial charge in [-0.15, -0.1) is 11.8 Å². The Bertz CT molecular complexity index is 463. The van der Waals surface area contributed by atoms with Crippen LogP contribution in [0.2, 0.25) is 0 Å². The topological polar surface area (TPSA) is 100 Å². The number of hydrogen-bond acceptors (Lipinski definition) is 5. The Morgan fingerprint density at radius 3 is 3.06 bits per heavy atom. The molecule has 0 radical (unpaired) electrons. The number of aromatic nitrogens is 3. The van der Waals surface area contributed by atoms with E-state index in [2.05, 4.69) is 15.4 Å². The van der Waals surface area contributed by atoms with Crippen LogP contribution in [0.25, 0.3) is 0 Å². The van der Waals surface area contributed by atoms with Crippen molar-refractivity contribution >= 4 is 23.8 Å². The predicted octanol–water partition coefficient (Wildman–Crippen LogP) is -0.516. The lowest BCUT2D eigenvalue weighted by Crippen LogP contribution is -2.46. The maximum atomic E-state index is 11.8. The molecular formula is C9H13N5O3S. The minimum absolute atomic E-state index is 0.188. The van der Waals surface area contributed by atoms with Crippen molar-refractivity contribution in [2.75, 3.05) is 11.6 Å². The second-order valence-electron chi connectivity index (χ2n) is 3.82. The van der Waals surface area contributed by atoms with Gasteiger partial charge in [-0.2, -0.15) is 5.10 Å². The molecule has 1 fully saturated rings. The quantitative estimate of drug-likeness (QED) is 0.767. The van der Waals surface area contributed by atoms with Crippen LogP contribution in [0.5, 0.6) is 0 Å². The van der Waals surface area contributed by atoms with Crippen LogP contribution in [0.15, 0.2) is 6.33 Å². The average Bonchev–Trinajstić information content (AvgIpc) is 2.94. The molecule has 1 aliphatic rings. The molecule has 2 N–H and O–H groups in total. The van der Waals surface area contributed by atoms with Crippen molar-refractivity contribution in [3.05, 3.63) is 12.2 Å². The summed E-state index contributed by atoms with van der Waals surface area (Å²) < 4.78 is 1.53. The molecule has 2 amide bonds. The van der Waals surface area contributed by atoms with Crippen molar-refractivity contribution in [1.82, 2.24) is 25.0 Å². The van der Waals surface area contributed by atoms with Crippen molar-refractivity contribution < 1.29 is 14.7 Å². The number of urea groups is 1. The van der Waals surface area contributed by atoms with Gasteiger partial charge in [0, 0.05) is 12.8 Å². The van der Waals surface area contributed by atoms with E-state index in [4.69, 9.17) is 5.11 Å². The summed E-state index contributed by atoms with van der Waals surface area (Å²) in [5.74, 6) is 0.318. The van der Waals surface area contributed by atoms with Crippen molar-refractivity contribution in [2.45, 2.75) is 12.6 Å². The number of carbonyl (C=O) groups excluding carboxylic acids is 1. The number of carbonyl (C=O) groups is 2. The number of hydrogen-bond donors (Lipinski definition) is 2. The van der Waals surface area contributed by atoms with Crippen molar-refractivity contribution in [3.8, 4) is 0 Å². The summed E-state index contributed by atoms with van der Waals surface area (Å²) in [5, 5.41) is 15.6. The van der Waals surface area contributed by atoms with Gasteiger partial charge >= 0.3 is 12.0 Å². The Kier molecular flexibility index (Phi) is 3.70. The van der Waals surface area contributed by atoms with Gasteiger partial charge in [0.25, 0.3) is 0 Å². The molecule has 9 heteroatoms. The van der Waals surface area contributed by atoms with E-state index in [0.29, 0.717) is 17.5 Å². The Hall–Kier alpha value is -1.77. The highest BCUT2D eigenvalue weighted by molar-refractivity contribution is 7.99. The molecule has 2 heterocycles. The molecule has 0 unspecified atom stereocenters. The predicted molar refractivity (Wildman–Crippen MR) is 63.8 cm³/mol. The first-order chi connectivity index (χ1) is 8.58. The summed E-state index contributed by atoms with van der Waals surface area (Å²) >= 11 is 1.42. The number of thioether (sulfide) groups is 1. The third-order valence-electron chi connectivity index (χ3n) is 2.47. The molecule has 1 aliphatic heterocycles. The van der Waals surface area contributed by atoms with Crippen molar-refractivity contribution in [3.63, 3.8) is 0 Å². The molecule has 0 saturated carbocycles. The lowest BCUT2D eigenvalue weighted by molar-refractivity contribution is -0.140. The molecule has 1 atom stereocenters. The number of carboxylic acid groups (broad SMARTS) is 1. The van der Waals surface area contributed by atoms with Gasteiger partial charge in [-0.3, -0.25) is 4.68 Å². The van der Waals surface area contributed by atoms with Crippen LogP contribution in [0.4, 0.5) is 4.79 Å². The van der Waals surface area contributed by atoms with Crippen LogP contribution in [0.1, 0.15) is 5.82 Å². The average molecular weight is 271 g/mol. The van der Waals surface area contributed by atoms with E-state index in [0.717, 1.165) is 0 Å². The lowest BCUT2D eigenvalue weighted by atomic mass is 10.3. The molecule has 1 aromatic heterocycles. The summed E-state index contributed by atoms with van der Waals surface area (Å²) in [4.78, 5) is 28.0.